The molecule has 2 rings (SSSR count). The van der Waals surface area contributed by atoms with Crippen molar-refractivity contribution in [2.45, 2.75) is 32.2 Å². The van der Waals surface area contributed by atoms with Gasteiger partial charge in [-0.05, 0) is 43.0 Å². The van der Waals surface area contributed by atoms with Crippen molar-refractivity contribution in [3.8, 4) is 11.8 Å². The van der Waals surface area contributed by atoms with Crippen molar-refractivity contribution < 1.29 is 4.74 Å². The molecule has 1 saturated heterocycles. The lowest BCUT2D eigenvalue weighted by Crippen LogP contribution is -2.49. The van der Waals surface area contributed by atoms with Crippen LogP contribution in [0.5, 0.6) is 5.75 Å². The van der Waals surface area contributed by atoms with Crippen molar-refractivity contribution in [1.82, 2.24) is 4.90 Å². The van der Waals surface area contributed by atoms with E-state index < -0.39 is 5.54 Å². The number of likely N-dealkylation sites (tertiary alicyclic amines) is 1. The largest absolute Gasteiger partial charge is 0.497 e. The maximum absolute atomic E-state index is 9.62. The van der Waals surface area contributed by atoms with Crippen LogP contribution >= 0.6 is 0 Å². The minimum absolute atomic E-state index is 0.442. The number of hydrogen-bond acceptors (Lipinski definition) is 4. The third-order valence-electron chi connectivity index (χ3n) is 4.02. The van der Waals surface area contributed by atoms with Gasteiger partial charge in [0.25, 0.3) is 0 Å². The summed E-state index contributed by atoms with van der Waals surface area (Å²) in [5, 5.41) is 13.0. The fourth-order valence-electron chi connectivity index (χ4n) is 2.85. The molecule has 0 aliphatic carbocycles. The molecule has 1 fully saturated rings. The van der Waals surface area contributed by atoms with E-state index in [2.05, 4.69) is 30.1 Å². The van der Waals surface area contributed by atoms with Gasteiger partial charge in [-0.25, -0.2) is 0 Å². The van der Waals surface area contributed by atoms with Crippen molar-refractivity contribution in [1.29, 1.82) is 5.26 Å². The van der Waals surface area contributed by atoms with E-state index in [0.717, 1.165) is 43.9 Å². The average Bonchev–Trinajstić information content (AvgIpc) is 2.50. The molecule has 0 aromatic heterocycles. The normalized spacial score (nSPS) is 18.2. The van der Waals surface area contributed by atoms with Gasteiger partial charge in [-0.3, -0.25) is 0 Å². The van der Waals surface area contributed by atoms with Crippen molar-refractivity contribution in [2.75, 3.05) is 32.1 Å². The lowest BCUT2D eigenvalue weighted by Gasteiger charge is -2.39. The first-order chi connectivity index (χ1) is 10.1. The molecule has 1 aromatic carbocycles. The third kappa shape index (κ3) is 4.12. The third-order valence-corrected chi connectivity index (χ3v) is 4.02. The molecule has 0 radical (unpaired) electrons. The standard InChI is InChI=1S/C17H25N3O/c1-14(2)12-20-10-8-17(13-18,9-11-20)19-15-4-6-16(21-3)7-5-15/h4-7,14,19H,8-12H2,1-3H3. The van der Waals surface area contributed by atoms with E-state index >= 15 is 0 Å². The smallest absolute Gasteiger partial charge is 0.127 e. The number of ether oxygens (including phenoxy) is 1. The SMILES string of the molecule is COc1ccc(NC2(C#N)CCN(CC(C)C)CC2)cc1. The Bertz CT molecular complexity index is 482. The molecule has 21 heavy (non-hydrogen) atoms. The van der Waals surface area contributed by atoms with Crippen molar-refractivity contribution >= 4 is 5.69 Å². The van der Waals surface area contributed by atoms with Crippen LogP contribution in [0.2, 0.25) is 0 Å². The van der Waals surface area contributed by atoms with E-state index in [-0.39, 0.29) is 0 Å². The fraction of sp³-hybridized carbons (Fsp3) is 0.588. The van der Waals surface area contributed by atoms with Gasteiger partial charge in [0.15, 0.2) is 0 Å². The molecule has 0 saturated carbocycles. The number of rotatable bonds is 5. The highest BCUT2D eigenvalue weighted by Gasteiger charge is 2.34. The molecule has 1 aliphatic rings. The molecule has 1 aliphatic heterocycles. The highest BCUT2D eigenvalue weighted by Crippen LogP contribution is 2.27. The summed E-state index contributed by atoms with van der Waals surface area (Å²) >= 11 is 0. The minimum Gasteiger partial charge on any atom is -0.497 e. The van der Waals surface area contributed by atoms with Gasteiger partial charge in [-0.1, -0.05) is 13.8 Å². The van der Waals surface area contributed by atoms with E-state index in [9.17, 15) is 5.26 Å². The highest BCUT2D eigenvalue weighted by molar-refractivity contribution is 5.50. The first-order valence-electron chi connectivity index (χ1n) is 7.63. The predicted molar refractivity (Wildman–Crippen MR) is 85.5 cm³/mol. The van der Waals surface area contributed by atoms with Crippen LogP contribution in [0.15, 0.2) is 24.3 Å². The molecular weight excluding hydrogens is 262 g/mol. The lowest BCUT2D eigenvalue weighted by molar-refractivity contribution is 0.179. The van der Waals surface area contributed by atoms with Crippen LogP contribution in [0.1, 0.15) is 26.7 Å². The Morgan fingerprint density at radius 2 is 1.90 bits per heavy atom. The Kier molecular flexibility index (Phi) is 5.08. The second kappa shape index (κ2) is 6.82. The summed E-state index contributed by atoms with van der Waals surface area (Å²) in [6.07, 6.45) is 1.73. The van der Waals surface area contributed by atoms with E-state index in [1.54, 1.807) is 7.11 Å². The van der Waals surface area contributed by atoms with Crippen molar-refractivity contribution in [2.24, 2.45) is 5.92 Å². The van der Waals surface area contributed by atoms with Crippen LogP contribution < -0.4 is 10.1 Å². The molecular formula is C17H25N3O. The molecule has 0 spiro atoms. The summed E-state index contributed by atoms with van der Waals surface area (Å²) in [6, 6.07) is 10.3. The molecule has 4 heteroatoms. The van der Waals surface area contributed by atoms with Crippen LogP contribution in [-0.2, 0) is 0 Å². The van der Waals surface area contributed by atoms with Gasteiger partial charge in [-0.15, -0.1) is 0 Å². The van der Waals surface area contributed by atoms with Gasteiger partial charge in [0.2, 0.25) is 0 Å². The Morgan fingerprint density at radius 3 is 2.38 bits per heavy atom. The topological polar surface area (TPSA) is 48.3 Å². The summed E-state index contributed by atoms with van der Waals surface area (Å²) in [5.41, 5.74) is 0.539. The molecule has 114 valence electrons. The number of hydrogen-bond donors (Lipinski definition) is 1. The summed E-state index contributed by atoms with van der Waals surface area (Å²) in [7, 11) is 1.66. The second-order valence-corrected chi connectivity index (χ2v) is 6.24. The van der Waals surface area contributed by atoms with Crippen LogP contribution in [-0.4, -0.2) is 37.2 Å². The maximum atomic E-state index is 9.62. The lowest BCUT2D eigenvalue weighted by atomic mass is 9.88. The average molecular weight is 287 g/mol. The van der Waals surface area contributed by atoms with Crippen LogP contribution in [0.4, 0.5) is 5.69 Å². The molecule has 1 heterocycles. The molecule has 0 amide bonds. The summed E-state index contributed by atoms with van der Waals surface area (Å²) in [6.45, 7) is 7.55. The van der Waals surface area contributed by atoms with Gasteiger partial charge < -0.3 is 15.0 Å². The summed E-state index contributed by atoms with van der Waals surface area (Å²) in [5.74, 6) is 1.51. The number of nitrogens with zero attached hydrogens (tertiary/aromatic N) is 2. The van der Waals surface area contributed by atoms with Crippen LogP contribution in [0.25, 0.3) is 0 Å². The summed E-state index contributed by atoms with van der Waals surface area (Å²) < 4.78 is 5.16. The number of benzene rings is 1. The van der Waals surface area contributed by atoms with Crippen molar-refractivity contribution in [3.63, 3.8) is 0 Å². The molecule has 0 atom stereocenters. The number of piperidine rings is 1. The number of methoxy groups -OCH3 is 1. The number of anilines is 1. The van der Waals surface area contributed by atoms with Gasteiger partial charge in [0, 0.05) is 25.3 Å². The number of nitriles is 1. The molecule has 4 nitrogen and oxygen atoms in total. The zero-order valence-corrected chi connectivity index (χ0v) is 13.2. The second-order valence-electron chi connectivity index (χ2n) is 6.24. The summed E-state index contributed by atoms with van der Waals surface area (Å²) in [4.78, 5) is 2.45. The molecule has 0 bridgehead atoms. The van der Waals surface area contributed by atoms with Gasteiger partial charge >= 0.3 is 0 Å². The fourth-order valence-corrected chi connectivity index (χ4v) is 2.85. The molecule has 1 aromatic rings. The zero-order chi connectivity index (χ0) is 15.3. The van der Waals surface area contributed by atoms with Crippen LogP contribution in [0, 0.1) is 17.2 Å². The van der Waals surface area contributed by atoms with E-state index in [1.807, 2.05) is 24.3 Å². The Hall–Kier alpha value is -1.73. The Balaban J connectivity index is 1.98. The quantitative estimate of drug-likeness (QED) is 0.904. The maximum Gasteiger partial charge on any atom is 0.127 e. The van der Waals surface area contributed by atoms with Gasteiger partial charge in [0.1, 0.15) is 11.3 Å². The predicted octanol–water partition coefficient (Wildman–Crippen LogP) is 3.12. The van der Waals surface area contributed by atoms with Crippen LogP contribution in [0.3, 0.4) is 0 Å². The Labute approximate surface area is 127 Å². The van der Waals surface area contributed by atoms with Crippen molar-refractivity contribution in [3.05, 3.63) is 24.3 Å². The van der Waals surface area contributed by atoms with E-state index in [1.165, 1.54) is 0 Å². The first kappa shape index (κ1) is 15.7. The highest BCUT2D eigenvalue weighted by atomic mass is 16.5. The monoisotopic (exact) mass is 287 g/mol. The minimum atomic E-state index is -0.442. The Morgan fingerprint density at radius 1 is 1.29 bits per heavy atom. The van der Waals surface area contributed by atoms with E-state index in [0.29, 0.717) is 5.92 Å². The first-order valence-corrected chi connectivity index (χ1v) is 7.63. The molecule has 0 unspecified atom stereocenters. The zero-order valence-electron chi connectivity index (χ0n) is 13.2. The molecule has 1 N–H and O–H groups in total. The van der Waals surface area contributed by atoms with Gasteiger partial charge in [0.05, 0.1) is 13.2 Å². The van der Waals surface area contributed by atoms with Gasteiger partial charge in [-0.2, -0.15) is 5.26 Å². The van der Waals surface area contributed by atoms with E-state index in [4.69, 9.17) is 4.74 Å². The number of nitrogens with one attached hydrogen (secondary N) is 1.